The van der Waals surface area contributed by atoms with Gasteiger partial charge in [-0.05, 0) is 6.16 Å². The molecular formula is C6H15O3P. The smallest absolute Gasteiger partial charge is 0.0919 e. The molecule has 0 fully saturated rings. The molecule has 0 amide bonds. The molecule has 0 rings (SSSR count). The van der Waals surface area contributed by atoms with Crippen LogP contribution in [-0.2, 0) is 4.57 Å². The Hall–Kier alpha value is 0.150. The van der Waals surface area contributed by atoms with Crippen LogP contribution >= 0.6 is 7.14 Å². The highest BCUT2D eigenvalue weighted by atomic mass is 31.2. The predicted octanol–water partition coefficient (Wildman–Crippen LogP) is 0.354. The quantitative estimate of drug-likeness (QED) is 0.579. The highest BCUT2D eigenvalue weighted by molar-refractivity contribution is 7.63. The zero-order valence-corrected chi connectivity index (χ0v) is 7.18. The lowest BCUT2D eigenvalue weighted by Crippen LogP contribution is -2.04. The van der Waals surface area contributed by atoms with E-state index in [0.717, 1.165) is 0 Å². The standard InChI is InChI=1S/C6H15O3P/c1-2-10(9,5-3-7)6-4-8/h7-8H,2-6H2,1H3. The van der Waals surface area contributed by atoms with Gasteiger partial charge in [-0.1, -0.05) is 6.92 Å². The van der Waals surface area contributed by atoms with Gasteiger partial charge in [0, 0.05) is 25.5 Å². The summed E-state index contributed by atoms with van der Waals surface area (Å²) in [6.07, 6.45) is 1.28. The second-order valence-electron chi connectivity index (χ2n) is 2.27. The van der Waals surface area contributed by atoms with Crippen LogP contribution in [0.5, 0.6) is 0 Å². The van der Waals surface area contributed by atoms with E-state index in [1.165, 1.54) is 0 Å². The summed E-state index contributed by atoms with van der Waals surface area (Å²) < 4.78 is 11.5. The van der Waals surface area contributed by atoms with E-state index in [0.29, 0.717) is 18.5 Å². The van der Waals surface area contributed by atoms with Crippen molar-refractivity contribution in [3.63, 3.8) is 0 Å². The van der Waals surface area contributed by atoms with Crippen LogP contribution < -0.4 is 0 Å². The van der Waals surface area contributed by atoms with Gasteiger partial charge in [0.1, 0.15) is 0 Å². The molecule has 0 heterocycles. The van der Waals surface area contributed by atoms with Crippen molar-refractivity contribution in [3.05, 3.63) is 0 Å². The molecule has 0 aliphatic rings. The topological polar surface area (TPSA) is 57.5 Å². The van der Waals surface area contributed by atoms with E-state index in [-0.39, 0.29) is 13.2 Å². The molecule has 0 radical (unpaired) electrons. The number of aliphatic hydroxyl groups is 2. The van der Waals surface area contributed by atoms with Crippen LogP contribution in [0.3, 0.4) is 0 Å². The summed E-state index contributed by atoms with van der Waals surface area (Å²) in [5.74, 6) is 0. The van der Waals surface area contributed by atoms with Gasteiger partial charge in [0.05, 0.1) is 7.14 Å². The van der Waals surface area contributed by atoms with Gasteiger partial charge in [-0.15, -0.1) is 0 Å². The molecule has 0 unspecified atom stereocenters. The lowest BCUT2D eigenvalue weighted by atomic mass is 10.9. The van der Waals surface area contributed by atoms with E-state index < -0.39 is 7.14 Å². The highest BCUT2D eigenvalue weighted by Gasteiger charge is 2.17. The zero-order valence-electron chi connectivity index (χ0n) is 6.29. The second kappa shape index (κ2) is 4.89. The van der Waals surface area contributed by atoms with Crippen molar-refractivity contribution >= 4 is 7.14 Å². The second-order valence-corrected chi connectivity index (χ2v) is 5.91. The van der Waals surface area contributed by atoms with Gasteiger partial charge in [0.25, 0.3) is 0 Å². The molecule has 0 aromatic heterocycles. The zero-order chi connectivity index (χ0) is 8.04. The molecular weight excluding hydrogens is 151 g/mol. The maximum Gasteiger partial charge on any atom is 0.0919 e. The summed E-state index contributed by atoms with van der Waals surface area (Å²) in [4.78, 5) is 0. The summed E-state index contributed by atoms with van der Waals surface area (Å²) >= 11 is 0. The van der Waals surface area contributed by atoms with Gasteiger partial charge in [0.2, 0.25) is 0 Å². The number of hydrogen-bond acceptors (Lipinski definition) is 3. The Bertz CT molecular complexity index is 114. The van der Waals surface area contributed by atoms with Crippen LogP contribution in [0.2, 0.25) is 0 Å². The fraction of sp³-hybridized carbons (Fsp3) is 1.00. The molecule has 0 saturated carbocycles. The molecule has 0 aliphatic heterocycles. The van der Waals surface area contributed by atoms with Gasteiger partial charge in [-0.3, -0.25) is 0 Å². The first-order chi connectivity index (χ1) is 4.68. The van der Waals surface area contributed by atoms with Gasteiger partial charge in [-0.25, -0.2) is 0 Å². The van der Waals surface area contributed by atoms with Crippen molar-refractivity contribution in [1.82, 2.24) is 0 Å². The van der Waals surface area contributed by atoms with Crippen molar-refractivity contribution in [2.75, 3.05) is 31.7 Å². The van der Waals surface area contributed by atoms with Crippen LogP contribution in [0, 0.1) is 0 Å². The van der Waals surface area contributed by atoms with Crippen molar-refractivity contribution < 1.29 is 14.8 Å². The van der Waals surface area contributed by atoms with Crippen LogP contribution in [0.15, 0.2) is 0 Å². The average Bonchev–Trinajstić information content (AvgIpc) is 1.89. The monoisotopic (exact) mass is 166 g/mol. The summed E-state index contributed by atoms with van der Waals surface area (Å²) in [6, 6.07) is 0. The molecule has 0 aromatic carbocycles. The molecule has 62 valence electrons. The van der Waals surface area contributed by atoms with E-state index >= 15 is 0 Å². The first-order valence-corrected chi connectivity index (χ1v) is 5.73. The maximum absolute atomic E-state index is 11.5. The number of hydrogen-bond donors (Lipinski definition) is 2. The Labute approximate surface area is 61.4 Å². The molecule has 0 saturated heterocycles. The number of rotatable bonds is 5. The highest BCUT2D eigenvalue weighted by Crippen LogP contribution is 2.43. The van der Waals surface area contributed by atoms with Crippen molar-refractivity contribution in [1.29, 1.82) is 0 Å². The van der Waals surface area contributed by atoms with Gasteiger partial charge >= 0.3 is 0 Å². The fourth-order valence-corrected chi connectivity index (χ4v) is 2.38. The lowest BCUT2D eigenvalue weighted by molar-refractivity contribution is 0.311. The normalized spacial score (nSPS) is 11.9. The fourth-order valence-electron chi connectivity index (χ4n) is 0.793. The van der Waals surface area contributed by atoms with Gasteiger partial charge in [0.15, 0.2) is 0 Å². The first-order valence-electron chi connectivity index (χ1n) is 3.47. The van der Waals surface area contributed by atoms with Crippen molar-refractivity contribution in [3.8, 4) is 0 Å². The molecule has 3 nitrogen and oxygen atoms in total. The minimum absolute atomic E-state index is 0.0366. The van der Waals surface area contributed by atoms with E-state index in [1.54, 1.807) is 0 Å². The van der Waals surface area contributed by atoms with Crippen LogP contribution in [-0.4, -0.2) is 41.9 Å². The Kier molecular flexibility index (Phi) is 4.96. The summed E-state index contributed by atoms with van der Waals surface area (Å²) in [5, 5.41) is 17.0. The minimum Gasteiger partial charge on any atom is -0.396 e. The average molecular weight is 166 g/mol. The van der Waals surface area contributed by atoms with Crippen LogP contribution in [0.25, 0.3) is 0 Å². The van der Waals surface area contributed by atoms with Crippen molar-refractivity contribution in [2.24, 2.45) is 0 Å². The molecule has 0 aliphatic carbocycles. The van der Waals surface area contributed by atoms with Gasteiger partial charge in [-0.2, -0.15) is 0 Å². The number of aliphatic hydroxyl groups excluding tert-OH is 2. The third kappa shape index (κ3) is 3.35. The van der Waals surface area contributed by atoms with E-state index in [1.807, 2.05) is 6.92 Å². The molecule has 2 N–H and O–H groups in total. The largest absolute Gasteiger partial charge is 0.396 e. The predicted molar refractivity (Wildman–Crippen MR) is 42.1 cm³/mol. The molecule has 0 aromatic rings. The minimum atomic E-state index is -2.20. The first kappa shape index (κ1) is 10.2. The molecule has 0 bridgehead atoms. The van der Waals surface area contributed by atoms with E-state index in [4.69, 9.17) is 10.2 Å². The summed E-state index contributed by atoms with van der Waals surface area (Å²) in [5.41, 5.74) is 0. The van der Waals surface area contributed by atoms with Crippen molar-refractivity contribution in [2.45, 2.75) is 6.92 Å². The molecule has 10 heavy (non-hydrogen) atoms. The lowest BCUT2D eigenvalue weighted by Gasteiger charge is -2.12. The van der Waals surface area contributed by atoms with E-state index in [2.05, 4.69) is 0 Å². The Balaban J connectivity index is 3.83. The maximum atomic E-state index is 11.5. The molecule has 4 heteroatoms. The molecule has 0 spiro atoms. The Morgan fingerprint density at radius 1 is 1.20 bits per heavy atom. The van der Waals surface area contributed by atoms with Crippen LogP contribution in [0.1, 0.15) is 6.92 Å². The van der Waals surface area contributed by atoms with Crippen LogP contribution in [0.4, 0.5) is 0 Å². The summed E-state index contributed by atoms with van der Waals surface area (Å²) in [6.45, 7) is 1.75. The van der Waals surface area contributed by atoms with E-state index in [9.17, 15) is 4.57 Å². The SMILES string of the molecule is CCP(=O)(CCO)CCO. The third-order valence-electron chi connectivity index (χ3n) is 1.59. The summed E-state index contributed by atoms with van der Waals surface area (Å²) in [7, 11) is -2.20. The Morgan fingerprint density at radius 2 is 1.60 bits per heavy atom. The molecule has 0 atom stereocenters. The Morgan fingerprint density at radius 3 is 1.80 bits per heavy atom. The van der Waals surface area contributed by atoms with Gasteiger partial charge < -0.3 is 14.8 Å². The third-order valence-corrected chi connectivity index (χ3v) is 4.77.